The van der Waals surface area contributed by atoms with Crippen LogP contribution in [-0.4, -0.2) is 24.3 Å². The predicted octanol–water partition coefficient (Wildman–Crippen LogP) is 3.55. The third-order valence-electron chi connectivity index (χ3n) is 3.62. The number of hydrogen-bond acceptors (Lipinski definition) is 5. The molecule has 2 aromatic rings. The summed E-state index contributed by atoms with van der Waals surface area (Å²) in [5.74, 6) is 1.03. The fourth-order valence-corrected chi connectivity index (χ4v) is 2.37. The van der Waals surface area contributed by atoms with Gasteiger partial charge in [-0.1, -0.05) is 18.2 Å². The first-order valence-electron chi connectivity index (χ1n) is 7.69. The minimum Gasteiger partial charge on any atom is -0.507 e. The fraction of sp³-hybridized carbons (Fsp3) is 0.211. The Kier molecular flexibility index (Phi) is 4.82. The molecule has 0 aromatic heterocycles. The maximum absolute atomic E-state index is 12.4. The lowest BCUT2D eigenvalue weighted by atomic mass is 10.0. The topological polar surface area (TPSA) is 65.0 Å². The lowest BCUT2D eigenvalue weighted by Gasteiger charge is -2.06. The number of benzene rings is 2. The third-order valence-corrected chi connectivity index (χ3v) is 3.62. The fourth-order valence-electron chi connectivity index (χ4n) is 2.37. The van der Waals surface area contributed by atoms with Gasteiger partial charge >= 0.3 is 0 Å². The largest absolute Gasteiger partial charge is 0.507 e. The second-order valence-corrected chi connectivity index (χ2v) is 5.30. The number of phenolic OH excluding ortho intramolecular Hbond substituents is 1. The van der Waals surface area contributed by atoms with Gasteiger partial charge < -0.3 is 19.3 Å². The zero-order chi connectivity index (χ0) is 16.9. The monoisotopic (exact) mass is 326 g/mol. The van der Waals surface area contributed by atoms with Crippen molar-refractivity contribution in [1.82, 2.24) is 0 Å². The molecule has 2 aromatic carbocycles. The van der Waals surface area contributed by atoms with E-state index in [0.29, 0.717) is 24.7 Å². The zero-order valence-electron chi connectivity index (χ0n) is 13.3. The maximum atomic E-state index is 12.4. The molecule has 24 heavy (non-hydrogen) atoms. The van der Waals surface area contributed by atoms with Crippen molar-refractivity contribution in [2.75, 3.05) is 13.4 Å². The highest BCUT2D eigenvalue weighted by Crippen LogP contribution is 2.32. The first kappa shape index (κ1) is 16.1. The SMILES string of the molecule is CCOCc1ccc(O)c(C(=O)/C=C/c2ccc3c(c2)OCO3)c1. The molecule has 0 atom stereocenters. The van der Waals surface area contributed by atoms with E-state index >= 15 is 0 Å². The first-order valence-corrected chi connectivity index (χ1v) is 7.69. The third kappa shape index (κ3) is 3.58. The van der Waals surface area contributed by atoms with Gasteiger partial charge in [-0.15, -0.1) is 0 Å². The van der Waals surface area contributed by atoms with Gasteiger partial charge in [0.1, 0.15) is 5.75 Å². The van der Waals surface area contributed by atoms with Gasteiger partial charge in [-0.2, -0.15) is 0 Å². The number of rotatable bonds is 6. The van der Waals surface area contributed by atoms with E-state index in [4.69, 9.17) is 14.2 Å². The maximum Gasteiger partial charge on any atom is 0.231 e. The van der Waals surface area contributed by atoms with Crippen molar-refractivity contribution in [3.8, 4) is 17.2 Å². The molecule has 0 fully saturated rings. The Bertz CT molecular complexity index is 779. The summed E-state index contributed by atoms with van der Waals surface area (Å²) < 4.78 is 15.9. The van der Waals surface area contributed by atoms with E-state index in [2.05, 4.69) is 0 Å². The Morgan fingerprint density at radius 3 is 2.88 bits per heavy atom. The molecule has 1 heterocycles. The summed E-state index contributed by atoms with van der Waals surface area (Å²) in [6.45, 7) is 3.11. The molecule has 0 aliphatic carbocycles. The summed E-state index contributed by atoms with van der Waals surface area (Å²) in [5.41, 5.74) is 1.91. The molecule has 0 spiro atoms. The lowest BCUT2D eigenvalue weighted by Crippen LogP contribution is -1.98. The molecule has 1 N–H and O–H groups in total. The Hall–Kier alpha value is -2.79. The van der Waals surface area contributed by atoms with Crippen LogP contribution < -0.4 is 9.47 Å². The molecule has 1 aliphatic rings. The standard InChI is InChI=1S/C19H18O5/c1-2-22-11-14-4-7-17(21)15(9-14)16(20)6-3-13-5-8-18-19(10-13)24-12-23-18/h3-10,21H,2,11-12H2,1H3/b6-3+. The molecule has 0 amide bonds. The quantitative estimate of drug-likeness (QED) is 0.649. The normalized spacial score (nSPS) is 12.7. The average Bonchev–Trinajstić information content (AvgIpc) is 3.06. The Balaban J connectivity index is 1.76. The molecule has 0 unspecified atom stereocenters. The second-order valence-electron chi connectivity index (χ2n) is 5.30. The van der Waals surface area contributed by atoms with E-state index in [-0.39, 0.29) is 23.9 Å². The second kappa shape index (κ2) is 7.19. The van der Waals surface area contributed by atoms with E-state index in [0.717, 1.165) is 11.1 Å². The van der Waals surface area contributed by atoms with Crippen LogP contribution in [0.5, 0.6) is 17.2 Å². The summed E-state index contributed by atoms with van der Waals surface area (Å²) >= 11 is 0. The summed E-state index contributed by atoms with van der Waals surface area (Å²) in [7, 11) is 0. The molecular formula is C19H18O5. The van der Waals surface area contributed by atoms with Crippen LogP contribution in [0.2, 0.25) is 0 Å². The molecule has 5 heteroatoms. The highest BCUT2D eigenvalue weighted by Gasteiger charge is 2.13. The van der Waals surface area contributed by atoms with Crippen LogP contribution in [0.25, 0.3) is 6.08 Å². The number of carbonyl (C=O) groups excluding carboxylic acids is 1. The van der Waals surface area contributed by atoms with E-state index < -0.39 is 0 Å². The van der Waals surface area contributed by atoms with Crippen molar-refractivity contribution in [1.29, 1.82) is 0 Å². The Labute approximate surface area is 140 Å². The number of allylic oxidation sites excluding steroid dienone is 1. The summed E-state index contributed by atoms with van der Waals surface area (Å²) in [4.78, 5) is 12.4. The number of carbonyl (C=O) groups is 1. The van der Waals surface area contributed by atoms with Gasteiger partial charge in [0.15, 0.2) is 17.3 Å². The van der Waals surface area contributed by atoms with Gasteiger partial charge in [0.25, 0.3) is 0 Å². The number of phenols is 1. The summed E-state index contributed by atoms with van der Waals surface area (Å²) in [6.07, 6.45) is 3.11. The van der Waals surface area contributed by atoms with E-state index in [1.807, 2.05) is 13.0 Å². The smallest absolute Gasteiger partial charge is 0.231 e. The van der Waals surface area contributed by atoms with E-state index in [1.165, 1.54) is 12.1 Å². The highest BCUT2D eigenvalue weighted by atomic mass is 16.7. The van der Waals surface area contributed by atoms with Crippen molar-refractivity contribution in [2.24, 2.45) is 0 Å². The van der Waals surface area contributed by atoms with Crippen molar-refractivity contribution in [2.45, 2.75) is 13.5 Å². The minimum atomic E-state index is -0.275. The first-order chi connectivity index (χ1) is 11.7. The average molecular weight is 326 g/mol. The number of hydrogen-bond donors (Lipinski definition) is 1. The van der Waals surface area contributed by atoms with Crippen LogP contribution in [0.1, 0.15) is 28.4 Å². The van der Waals surface area contributed by atoms with Gasteiger partial charge in [-0.3, -0.25) is 4.79 Å². The van der Waals surface area contributed by atoms with Crippen LogP contribution in [-0.2, 0) is 11.3 Å². The molecule has 3 rings (SSSR count). The highest BCUT2D eigenvalue weighted by molar-refractivity contribution is 6.08. The van der Waals surface area contributed by atoms with Crippen molar-refractivity contribution >= 4 is 11.9 Å². The predicted molar refractivity (Wildman–Crippen MR) is 89.4 cm³/mol. The van der Waals surface area contributed by atoms with Crippen LogP contribution >= 0.6 is 0 Å². The van der Waals surface area contributed by atoms with Gasteiger partial charge in [0.05, 0.1) is 12.2 Å². The van der Waals surface area contributed by atoms with Gasteiger partial charge in [-0.25, -0.2) is 0 Å². The van der Waals surface area contributed by atoms with Gasteiger partial charge in [-0.05, 0) is 48.4 Å². The molecule has 0 saturated heterocycles. The van der Waals surface area contributed by atoms with Crippen LogP contribution in [0.4, 0.5) is 0 Å². The van der Waals surface area contributed by atoms with Gasteiger partial charge in [0.2, 0.25) is 6.79 Å². The van der Waals surface area contributed by atoms with Crippen molar-refractivity contribution in [3.05, 3.63) is 59.2 Å². The number of ketones is 1. The van der Waals surface area contributed by atoms with Crippen LogP contribution in [0.15, 0.2) is 42.5 Å². The Morgan fingerprint density at radius 1 is 1.21 bits per heavy atom. The molecule has 5 nitrogen and oxygen atoms in total. The van der Waals surface area contributed by atoms with Crippen LogP contribution in [0.3, 0.4) is 0 Å². The van der Waals surface area contributed by atoms with Crippen molar-refractivity contribution in [3.63, 3.8) is 0 Å². The summed E-state index contributed by atoms with van der Waals surface area (Å²) in [5, 5.41) is 9.92. The zero-order valence-corrected chi connectivity index (χ0v) is 13.3. The molecule has 1 aliphatic heterocycles. The molecule has 0 radical (unpaired) electrons. The molecular weight excluding hydrogens is 308 g/mol. The minimum absolute atomic E-state index is 0.0458. The van der Waals surface area contributed by atoms with Crippen molar-refractivity contribution < 1.29 is 24.1 Å². The van der Waals surface area contributed by atoms with E-state index in [1.54, 1.807) is 30.3 Å². The Morgan fingerprint density at radius 2 is 2.04 bits per heavy atom. The van der Waals surface area contributed by atoms with E-state index in [9.17, 15) is 9.90 Å². The number of ether oxygens (including phenoxy) is 3. The number of fused-ring (bicyclic) bond motifs is 1. The number of aromatic hydroxyl groups is 1. The van der Waals surface area contributed by atoms with Gasteiger partial charge in [0, 0.05) is 6.61 Å². The molecule has 0 bridgehead atoms. The lowest BCUT2D eigenvalue weighted by molar-refractivity contribution is 0.104. The molecule has 124 valence electrons. The van der Waals surface area contributed by atoms with Crippen LogP contribution in [0, 0.1) is 0 Å². The summed E-state index contributed by atoms with van der Waals surface area (Å²) in [6, 6.07) is 10.3. The molecule has 0 saturated carbocycles.